The van der Waals surface area contributed by atoms with Crippen molar-refractivity contribution < 1.29 is 0 Å². The summed E-state index contributed by atoms with van der Waals surface area (Å²) < 4.78 is 2.49. The lowest BCUT2D eigenvalue weighted by Gasteiger charge is -2.32. The normalized spacial score (nSPS) is 11.1. The molecule has 66 valence electrons. The Morgan fingerprint density at radius 3 is 1.82 bits per heavy atom. The predicted octanol–water partition coefficient (Wildman–Crippen LogP) is 3.07. The Labute approximate surface area is 72.2 Å². The van der Waals surface area contributed by atoms with E-state index >= 15 is 0 Å². The largest absolute Gasteiger partial charge is 0.404 e. The average Bonchev–Trinajstić information content (AvgIpc) is 1.79. The molecule has 0 saturated carbocycles. The van der Waals surface area contributed by atoms with Gasteiger partial charge in [-0.2, -0.15) is 0 Å². The fourth-order valence-corrected chi connectivity index (χ4v) is 2.67. The lowest BCUT2D eigenvalue weighted by molar-refractivity contribution is 0.588. The number of nitrogens with zero attached hydrogens (tertiary/aromatic N) is 1. The minimum absolute atomic E-state index is 1.09. The van der Waals surface area contributed by atoms with Crippen LogP contribution in [0.5, 0.6) is 0 Å². The van der Waals surface area contributed by atoms with E-state index in [9.17, 15) is 0 Å². The van der Waals surface area contributed by atoms with Gasteiger partial charge >= 0.3 is 0 Å². The van der Waals surface area contributed by atoms with Crippen molar-refractivity contribution in [3.05, 3.63) is 11.8 Å². The molecule has 2 heteroatoms. The molecule has 0 heterocycles. The van der Waals surface area contributed by atoms with Crippen LogP contribution < -0.4 is 0 Å². The van der Waals surface area contributed by atoms with Gasteiger partial charge in [0.25, 0.3) is 0 Å². The quantitative estimate of drug-likeness (QED) is 0.590. The predicted molar refractivity (Wildman–Crippen MR) is 55.2 cm³/mol. The van der Waals surface area contributed by atoms with Gasteiger partial charge in [-0.05, 0) is 27.0 Å². The third-order valence-electron chi connectivity index (χ3n) is 1.62. The van der Waals surface area contributed by atoms with Crippen molar-refractivity contribution in [1.29, 1.82) is 0 Å². The topological polar surface area (TPSA) is 3.24 Å². The highest BCUT2D eigenvalue weighted by atomic mass is 28.3. The molecule has 0 aliphatic rings. The summed E-state index contributed by atoms with van der Waals surface area (Å²) in [7, 11) is -1.09. The molecule has 0 amide bonds. The molecule has 0 fully saturated rings. The first kappa shape index (κ1) is 10.8. The van der Waals surface area contributed by atoms with Crippen molar-refractivity contribution in [1.82, 2.24) is 4.57 Å². The zero-order chi connectivity index (χ0) is 9.07. The first-order valence-electron chi connectivity index (χ1n) is 4.29. The SMILES string of the molecule is CCN(C=C(C)C)[Si](C)(C)C. The molecule has 0 N–H and O–H groups in total. The summed E-state index contributed by atoms with van der Waals surface area (Å²) in [6.45, 7) is 14.8. The van der Waals surface area contributed by atoms with Crippen LogP contribution in [0.2, 0.25) is 19.6 Å². The maximum Gasteiger partial charge on any atom is 0.146 e. The van der Waals surface area contributed by atoms with Gasteiger partial charge in [-0.15, -0.1) is 0 Å². The van der Waals surface area contributed by atoms with Crippen LogP contribution in [0.25, 0.3) is 0 Å². The summed E-state index contributed by atoms with van der Waals surface area (Å²) in [4.78, 5) is 0. The zero-order valence-electron chi connectivity index (χ0n) is 8.73. The number of hydrogen-bond donors (Lipinski definition) is 0. The van der Waals surface area contributed by atoms with E-state index in [1.165, 1.54) is 5.57 Å². The third-order valence-corrected chi connectivity index (χ3v) is 3.78. The molecule has 0 aliphatic carbocycles. The highest BCUT2D eigenvalue weighted by Gasteiger charge is 2.18. The summed E-state index contributed by atoms with van der Waals surface area (Å²) in [6.07, 6.45) is 2.28. The first-order chi connectivity index (χ1) is 4.88. The molecule has 0 aromatic carbocycles. The summed E-state index contributed by atoms with van der Waals surface area (Å²) >= 11 is 0. The van der Waals surface area contributed by atoms with Crippen molar-refractivity contribution in [2.24, 2.45) is 0 Å². The van der Waals surface area contributed by atoms with Crippen LogP contribution in [0.3, 0.4) is 0 Å². The molecule has 0 saturated heterocycles. The Hall–Kier alpha value is -0.243. The van der Waals surface area contributed by atoms with Crippen LogP contribution >= 0.6 is 0 Å². The first-order valence-corrected chi connectivity index (χ1v) is 7.74. The highest BCUT2D eigenvalue weighted by Crippen LogP contribution is 2.10. The Balaban J connectivity index is 4.31. The van der Waals surface area contributed by atoms with E-state index in [4.69, 9.17) is 0 Å². The van der Waals surface area contributed by atoms with Gasteiger partial charge in [0, 0.05) is 6.54 Å². The molecule has 0 rings (SSSR count). The van der Waals surface area contributed by atoms with Gasteiger partial charge in [0.1, 0.15) is 8.24 Å². The van der Waals surface area contributed by atoms with Crippen LogP contribution in [0.4, 0.5) is 0 Å². The molecule has 1 nitrogen and oxygen atoms in total. The molecule has 0 radical (unpaired) electrons. The Bertz CT molecular complexity index is 140. The van der Waals surface area contributed by atoms with Crippen molar-refractivity contribution in [2.45, 2.75) is 40.4 Å². The fraction of sp³-hybridized carbons (Fsp3) is 0.778. The van der Waals surface area contributed by atoms with Gasteiger partial charge in [0.05, 0.1) is 0 Å². The van der Waals surface area contributed by atoms with Crippen LogP contribution in [0.1, 0.15) is 20.8 Å². The summed E-state index contributed by atoms with van der Waals surface area (Å²) in [6, 6.07) is 0. The minimum Gasteiger partial charge on any atom is -0.404 e. The van der Waals surface area contributed by atoms with E-state index in [0.717, 1.165) is 6.54 Å². The van der Waals surface area contributed by atoms with Crippen LogP contribution in [-0.4, -0.2) is 19.3 Å². The van der Waals surface area contributed by atoms with Crippen molar-refractivity contribution in [3.63, 3.8) is 0 Å². The minimum atomic E-state index is -1.09. The fourth-order valence-electron chi connectivity index (χ4n) is 1.07. The van der Waals surface area contributed by atoms with Crippen molar-refractivity contribution >= 4 is 8.24 Å². The molecule has 0 aliphatic heterocycles. The van der Waals surface area contributed by atoms with E-state index in [1.807, 2.05) is 0 Å². The molecule has 0 aromatic heterocycles. The second kappa shape index (κ2) is 3.95. The smallest absolute Gasteiger partial charge is 0.146 e. The zero-order valence-corrected chi connectivity index (χ0v) is 9.73. The molecule has 11 heavy (non-hydrogen) atoms. The lowest BCUT2D eigenvalue weighted by Crippen LogP contribution is -2.42. The standard InChI is InChI=1S/C9H21NSi/c1-7-10(8-9(2)3)11(4,5)6/h8H,7H2,1-6H3. The van der Waals surface area contributed by atoms with Gasteiger partial charge < -0.3 is 4.57 Å². The van der Waals surface area contributed by atoms with E-state index in [2.05, 4.69) is 51.2 Å². The summed E-state index contributed by atoms with van der Waals surface area (Å²) in [5.74, 6) is 0. The number of hydrogen-bond acceptors (Lipinski definition) is 1. The third kappa shape index (κ3) is 4.25. The average molecular weight is 171 g/mol. The van der Waals surface area contributed by atoms with Gasteiger partial charge in [-0.3, -0.25) is 0 Å². The Morgan fingerprint density at radius 1 is 1.27 bits per heavy atom. The van der Waals surface area contributed by atoms with E-state index in [1.54, 1.807) is 0 Å². The summed E-state index contributed by atoms with van der Waals surface area (Å²) in [5, 5.41) is 0. The maximum absolute atomic E-state index is 2.49. The van der Waals surface area contributed by atoms with Gasteiger partial charge in [-0.25, -0.2) is 0 Å². The highest BCUT2D eigenvalue weighted by molar-refractivity contribution is 6.73. The second-order valence-electron chi connectivity index (χ2n) is 4.16. The Morgan fingerprint density at radius 2 is 1.73 bits per heavy atom. The molecule has 0 aromatic rings. The van der Waals surface area contributed by atoms with Crippen LogP contribution in [0, 0.1) is 0 Å². The van der Waals surface area contributed by atoms with E-state index in [-0.39, 0.29) is 0 Å². The maximum atomic E-state index is 2.49. The van der Waals surface area contributed by atoms with Crippen molar-refractivity contribution in [2.75, 3.05) is 6.54 Å². The van der Waals surface area contributed by atoms with E-state index < -0.39 is 8.24 Å². The molecule has 0 atom stereocenters. The number of rotatable bonds is 3. The van der Waals surface area contributed by atoms with Crippen LogP contribution in [-0.2, 0) is 0 Å². The molecule has 0 bridgehead atoms. The molecule has 0 spiro atoms. The molecular formula is C9H21NSi. The monoisotopic (exact) mass is 171 g/mol. The Kier molecular flexibility index (Phi) is 3.87. The van der Waals surface area contributed by atoms with Crippen LogP contribution in [0.15, 0.2) is 11.8 Å². The lowest BCUT2D eigenvalue weighted by atomic mass is 10.4. The van der Waals surface area contributed by atoms with Gasteiger partial charge in [0.2, 0.25) is 0 Å². The second-order valence-corrected chi connectivity index (χ2v) is 9.08. The molecule has 0 unspecified atom stereocenters. The van der Waals surface area contributed by atoms with E-state index in [0.29, 0.717) is 0 Å². The summed E-state index contributed by atoms with van der Waals surface area (Å²) in [5.41, 5.74) is 1.40. The van der Waals surface area contributed by atoms with Gasteiger partial charge in [0.15, 0.2) is 0 Å². The van der Waals surface area contributed by atoms with Gasteiger partial charge in [-0.1, -0.05) is 25.2 Å². The number of allylic oxidation sites excluding steroid dienone is 1. The molecular weight excluding hydrogens is 150 g/mol. The van der Waals surface area contributed by atoms with Crippen molar-refractivity contribution in [3.8, 4) is 0 Å².